The number of amidine groups is 1. The van der Waals surface area contributed by atoms with Crippen LogP contribution in [0.1, 0.15) is 19.3 Å². The first-order valence-corrected chi connectivity index (χ1v) is 6.57. The first-order chi connectivity index (χ1) is 7.33. The van der Waals surface area contributed by atoms with Gasteiger partial charge in [0.1, 0.15) is 0 Å². The molecule has 2 rings (SSSR count). The van der Waals surface area contributed by atoms with Crippen molar-refractivity contribution in [3.8, 4) is 6.19 Å². The van der Waals surface area contributed by atoms with Crippen LogP contribution >= 0.6 is 11.8 Å². The monoisotopic (exact) mass is 224 g/mol. The number of thioether (sulfide) groups is 1. The Labute approximate surface area is 94.7 Å². The van der Waals surface area contributed by atoms with Gasteiger partial charge < -0.3 is 0 Å². The van der Waals surface area contributed by atoms with Crippen molar-refractivity contribution in [2.45, 2.75) is 31.3 Å². The standard InChI is InChI=1S/C10H16N4S/c1-15-10(12-7-11)13-8-4-5-14(6-8)9-2-3-9/h8-9H,2-6H2,1H3,(H,12,13). The van der Waals surface area contributed by atoms with Crippen LogP contribution in [0.25, 0.3) is 0 Å². The molecule has 1 atom stereocenters. The fourth-order valence-corrected chi connectivity index (χ4v) is 2.40. The van der Waals surface area contributed by atoms with E-state index in [1.807, 2.05) is 12.4 Å². The highest BCUT2D eigenvalue weighted by molar-refractivity contribution is 8.13. The van der Waals surface area contributed by atoms with Crippen molar-refractivity contribution in [2.75, 3.05) is 19.3 Å². The molecule has 1 saturated carbocycles. The number of hydrogen-bond acceptors (Lipinski definition) is 4. The highest BCUT2D eigenvalue weighted by Gasteiger charge is 2.34. The Morgan fingerprint density at radius 3 is 2.93 bits per heavy atom. The van der Waals surface area contributed by atoms with Gasteiger partial charge in [-0.2, -0.15) is 5.26 Å². The molecule has 0 radical (unpaired) electrons. The van der Waals surface area contributed by atoms with Crippen LogP contribution < -0.4 is 5.32 Å². The van der Waals surface area contributed by atoms with E-state index in [0.29, 0.717) is 6.04 Å². The van der Waals surface area contributed by atoms with E-state index in [1.54, 1.807) is 0 Å². The van der Waals surface area contributed by atoms with Gasteiger partial charge in [-0.05, 0) is 25.5 Å². The molecule has 0 aromatic heterocycles. The molecule has 0 bridgehead atoms. The van der Waals surface area contributed by atoms with Gasteiger partial charge in [-0.25, -0.2) is 0 Å². The largest absolute Gasteiger partial charge is 0.298 e. The van der Waals surface area contributed by atoms with Gasteiger partial charge >= 0.3 is 0 Å². The van der Waals surface area contributed by atoms with Crippen LogP contribution in [0.3, 0.4) is 0 Å². The highest BCUT2D eigenvalue weighted by Crippen LogP contribution is 2.30. The molecule has 1 aliphatic heterocycles. The van der Waals surface area contributed by atoms with Crippen LogP contribution in [0.5, 0.6) is 0 Å². The van der Waals surface area contributed by atoms with Crippen molar-refractivity contribution in [3.63, 3.8) is 0 Å². The van der Waals surface area contributed by atoms with Crippen LogP contribution in [-0.4, -0.2) is 41.5 Å². The van der Waals surface area contributed by atoms with Gasteiger partial charge in [0, 0.05) is 19.1 Å². The molecule has 1 N–H and O–H groups in total. The van der Waals surface area contributed by atoms with E-state index in [1.165, 1.54) is 31.1 Å². The molecule has 5 heteroatoms. The first-order valence-electron chi connectivity index (χ1n) is 5.34. The third-order valence-corrected chi connectivity index (χ3v) is 3.51. The lowest BCUT2D eigenvalue weighted by Gasteiger charge is -2.13. The van der Waals surface area contributed by atoms with Gasteiger partial charge in [-0.15, -0.1) is 0 Å². The molecule has 1 aliphatic carbocycles. The quantitative estimate of drug-likeness (QED) is 0.329. The van der Waals surface area contributed by atoms with Crippen molar-refractivity contribution in [1.82, 2.24) is 10.2 Å². The minimum atomic E-state index is 0.383. The number of nitrogens with zero attached hydrogens (tertiary/aromatic N) is 3. The maximum atomic E-state index is 8.53. The number of hydrogen-bond donors (Lipinski definition) is 1. The van der Waals surface area contributed by atoms with Crippen LogP contribution in [0.15, 0.2) is 4.99 Å². The molecule has 0 aromatic rings. The highest BCUT2D eigenvalue weighted by atomic mass is 32.2. The first kappa shape index (κ1) is 10.8. The Hall–Kier alpha value is -0.730. The third kappa shape index (κ3) is 2.86. The minimum absolute atomic E-state index is 0.383. The molecule has 1 unspecified atom stereocenters. The lowest BCUT2D eigenvalue weighted by Crippen LogP contribution is -2.25. The number of aliphatic imine (C=N–C) groups is 1. The molecule has 15 heavy (non-hydrogen) atoms. The van der Waals surface area contributed by atoms with Gasteiger partial charge in [0.05, 0.1) is 6.04 Å². The van der Waals surface area contributed by atoms with Crippen molar-refractivity contribution >= 4 is 16.9 Å². The molecule has 2 fully saturated rings. The summed E-state index contributed by atoms with van der Waals surface area (Å²) in [6.45, 7) is 2.24. The van der Waals surface area contributed by atoms with Gasteiger partial charge in [-0.3, -0.25) is 15.2 Å². The molecule has 2 aliphatic rings. The van der Waals surface area contributed by atoms with Gasteiger partial charge in [-0.1, -0.05) is 11.8 Å². The van der Waals surface area contributed by atoms with Crippen LogP contribution in [0.4, 0.5) is 0 Å². The Kier molecular flexibility index (Phi) is 3.49. The van der Waals surface area contributed by atoms with E-state index in [4.69, 9.17) is 5.26 Å². The fourth-order valence-electron chi connectivity index (χ4n) is 1.99. The van der Waals surface area contributed by atoms with E-state index in [-0.39, 0.29) is 0 Å². The second-order valence-electron chi connectivity index (χ2n) is 4.04. The van der Waals surface area contributed by atoms with Gasteiger partial charge in [0.15, 0.2) is 11.4 Å². The van der Waals surface area contributed by atoms with Gasteiger partial charge in [0.2, 0.25) is 0 Å². The number of nitriles is 1. The van der Waals surface area contributed by atoms with E-state index < -0.39 is 0 Å². The zero-order chi connectivity index (χ0) is 10.7. The molecular formula is C10H16N4S. The molecular weight excluding hydrogens is 208 g/mol. The Bertz CT molecular complexity index is 292. The van der Waals surface area contributed by atoms with E-state index in [9.17, 15) is 0 Å². The predicted molar refractivity (Wildman–Crippen MR) is 62.7 cm³/mol. The number of rotatable bonds is 2. The Morgan fingerprint density at radius 2 is 2.33 bits per heavy atom. The van der Waals surface area contributed by atoms with Crippen molar-refractivity contribution in [1.29, 1.82) is 5.26 Å². The summed E-state index contributed by atoms with van der Waals surface area (Å²) in [6.07, 6.45) is 7.72. The lowest BCUT2D eigenvalue weighted by atomic mass is 10.3. The van der Waals surface area contributed by atoms with E-state index in [2.05, 4.69) is 15.2 Å². The van der Waals surface area contributed by atoms with E-state index in [0.717, 1.165) is 24.2 Å². The molecule has 1 heterocycles. The second-order valence-corrected chi connectivity index (χ2v) is 4.84. The summed E-state index contributed by atoms with van der Waals surface area (Å²) in [4.78, 5) is 7.07. The number of likely N-dealkylation sites (tertiary alicyclic amines) is 1. The maximum absolute atomic E-state index is 8.53. The SMILES string of the molecule is CSC(=NC1CCN(C2CC2)C1)NC#N. The molecule has 1 saturated heterocycles. The molecule has 82 valence electrons. The van der Waals surface area contributed by atoms with Crippen molar-refractivity contribution in [2.24, 2.45) is 4.99 Å². The average Bonchev–Trinajstić information content (AvgIpc) is 2.99. The summed E-state index contributed by atoms with van der Waals surface area (Å²) in [5.41, 5.74) is 0. The molecule has 0 aromatic carbocycles. The molecule has 0 amide bonds. The van der Waals surface area contributed by atoms with Crippen LogP contribution in [-0.2, 0) is 0 Å². The zero-order valence-corrected chi connectivity index (χ0v) is 9.76. The molecule has 4 nitrogen and oxygen atoms in total. The van der Waals surface area contributed by atoms with Gasteiger partial charge in [0.25, 0.3) is 0 Å². The van der Waals surface area contributed by atoms with Crippen molar-refractivity contribution < 1.29 is 0 Å². The summed E-state index contributed by atoms with van der Waals surface area (Å²) < 4.78 is 0. The van der Waals surface area contributed by atoms with Crippen LogP contribution in [0.2, 0.25) is 0 Å². The number of nitrogens with one attached hydrogen (secondary N) is 1. The second kappa shape index (κ2) is 4.86. The topological polar surface area (TPSA) is 51.4 Å². The fraction of sp³-hybridized carbons (Fsp3) is 0.800. The van der Waals surface area contributed by atoms with E-state index >= 15 is 0 Å². The smallest absolute Gasteiger partial charge is 0.183 e. The average molecular weight is 224 g/mol. The summed E-state index contributed by atoms with van der Waals surface area (Å²) in [5.74, 6) is 0. The van der Waals surface area contributed by atoms with Crippen LogP contribution in [0, 0.1) is 11.5 Å². The zero-order valence-electron chi connectivity index (χ0n) is 8.94. The maximum Gasteiger partial charge on any atom is 0.183 e. The summed E-state index contributed by atoms with van der Waals surface area (Å²) >= 11 is 1.50. The molecule has 0 spiro atoms. The summed E-state index contributed by atoms with van der Waals surface area (Å²) in [5, 5.41) is 11.9. The summed E-state index contributed by atoms with van der Waals surface area (Å²) in [7, 11) is 0. The Balaban J connectivity index is 1.86. The lowest BCUT2D eigenvalue weighted by molar-refractivity contribution is 0.324. The minimum Gasteiger partial charge on any atom is -0.298 e. The summed E-state index contributed by atoms with van der Waals surface area (Å²) in [6, 6.07) is 1.22. The predicted octanol–water partition coefficient (Wildman–Crippen LogP) is 1.01. The Morgan fingerprint density at radius 1 is 1.53 bits per heavy atom. The third-order valence-electron chi connectivity index (χ3n) is 2.91. The van der Waals surface area contributed by atoms with Crippen molar-refractivity contribution in [3.05, 3.63) is 0 Å². The normalized spacial score (nSPS) is 27.7.